The first-order valence-corrected chi connectivity index (χ1v) is 4.04. The molecule has 0 spiro atoms. The van der Waals surface area contributed by atoms with Crippen molar-refractivity contribution in [1.82, 2.24) is 0 Å². The van der Waals surface area contributed by atoms with E-state index >= 15 is 0 Å². The van der Waals surface area contributed by atoms with Crippen molar-refractivity contribution in [3.05, 3.63) is 33.2 Å². The van der Waals surface area contributed by atoms with E-state index in [9.17, 15) is 4.79 Å². The topological polar surface area (TPSA) is 30.2 Å². The molecule has 1 heterocycles. The van der Waals surface area contributed by atoms with Crippen LogP contribution in [0.15, 0.2) is 21.3 Å². The maximum absolute atomic E-state index is 10.8. The van der Waals surface area contributed by atoms with Gasteiger partial charge >= 0.3 is 5.63 Å². The lowest BCUT2D eigenvalue weighted by Crippen LogP contribution is -2.27. The Morgan fingerprint density at radius 3 is 2.83 bits per heavy atom. The van der Waals surface area contributed by atoms with Gasteiger partial charge in [0.1, 0.15) is 5.42 Å². The average molecular weight is 164 g/mol. The Labute approximate surface area is 70.8 Å². The zero-order valence-corrected chi connectivity index (χ0v) is 7.33. The second-order valence-electron chi connectivity index (χ2n) is 2.48. The fourth-order valence-electron chi connectivity index (χ4n) is 1.02. The molecule has 1 aromatic rings. The molecule has 64 valence electrons. The molecule has 1 rings (SSSR count). The lowest BCUT2D eigenvalue weighted by Gasteiger charge is -1.86. The molecule has 0 fully saturated rings. The first-order valence-electron chi connectivity index (χ1n) is 4.04. The third-order valence-electron chi connectivity index (χ3n) is 1.59. The standard InChI is InChI=1S/C10H12O2/c1-3-5-9-8(4-2)6-7-10(11)12-9/h4-7H,3H2,1-2H3/b8-4-,9-5+. The Morgan fingerprint density at radius 2 is 2.25 bits per heavy atom. The van der Waals surface area contributed by atoms with Crippen molar-refractivity contribution in [1.29, 1.82) is 0 Å². The maximum Gasteiger partial charge on any atom is 0.336 e. The average Bonchev–Trinajstić information content (AvgIpc) is 2.05. The van der Waals surface area contributed by atoms with Crippen LogP contribution in [-0.4, -0.2) is 0 Å². The van der Waals surface area contributed by atoms with Gasteiger partial charge in [-0.05, 0) is 25.5 Å². The molecule has 0 aliphatic carbocycles. The lowest BCUT2D eigenvalue weighted by atomic mass is 10.3. The van der Waals surface area contributed by atoms with Crippen LogP contribution in [0.25, 0.3) is 12.2 Å². The van der Waals surface area contributed by atoms with Crippen molar-refractivity contribution in [2.24, 2.45) is 0 Å². The molecule has 0 amide bonds. The minimum Gasteiger partial charge on any atom is -0.423 e. The Balaban J connectivity index is 3.54. The van der Waals surface area contributed by atoms with Crippen molar-refractivity contribution >= 4 is 12.2 Å². The van der Waals surface area contributed by atoms with E-state index < -0.39 is 0 Å². The lowest BCUT2D eigenvalue weighted by molar-refractivity contribution is 0.472. The van der Waals surface area contributed by atoms with E-state index in [-0.39, 0.29) is 5.63 Å². The van der Waals surface area contributed by atoms with E-state index in [0.717, 1.165) is 11.6 Å². The fraction of sp³-hybridized carbons (Fsp3) is 0.300. The van der Waals surface area contributed by atoms with Crippen molar-refractivity contribution in [3.63, 3.8) is 0 Å². The van der Waals surface area contributed by atoms with Crippen LogP contribution in [0, 0.1) is 0 Å². The molecule has 2 heteroatoms. The summed E-state index contributed by atoms with van der Waals surface area (Å²) in [5, 5.41) is 0.969. The first kappa shape index (κ1) is 8.78. The van der Waals surface area contributed by atoms with Gasteiger partial charge in [0.25, 0.3) is 0 Å². The van der Waals surface area contributed by atoms with Gasteiger partial charge in [0.15, 0.2) is 0 Å². The van der Waals surface area contributed by atoms with Gasteiger partial charge in [0.05, 0.1) is 0 Å². The first-order chi connectivity index (χ1) is 5.77. The summed E-state index contributed by atoms with van der Waals surface area (Å²) in [5.41, 5.74) is 0.382. The molecule has 0 N–H and O–H groups in total. The summed E-state index contributed by atoms with van der Waals surface area (Å²) in [7, 11) is 0. The molecule has 1 aromatic heterocycles. The molecular weight excluding hydrogens is 152 g/mol. The summed E-state index contributed by atoms with van der Waals surface area (Å²) >= 11 is 0. The quantitative estimate of drug-likeness (QED) is 0.609. The maximum atomic E-state index is 10.8. The highest BCUT2D eigenvalue weighted by Crippen LogP contribution is 1.73. The fourth-order valence-corrected chi connectivity index (χ4v) is 1.02. The Morgan fingerprint density at radius 1 is 1.50 bits per heavy atom. The van der Waals surface area contributed by atoms with E-state index in [2.05, 4.69) is 0 Å². The van der Waals surface area contributed by atoms with Gasteiger partial charge in [0, 0.05) is 11.3 Å². The molecule has 0 saturated carbocycles. The second kappa shape index (κ2) is 3.90. The third kappa shape index (κ3) is 1.84. The van der Waals surface area contributed by atoms with E-state index in [0.29, 0.717) is 5.42 Å². The summed E-state index contributed by atoms with van der Waals surface area (Å²) in [5.74, 6) is 0. The second-order valence-corrected chi connectivity index (χ2v) is 2.48. The van der Waals surface area contributed by atoms with Crippen LogP contribution in [0.2, 0.25) is 0 Å². The van der Waals surface area contributed by atoms with Crippen molar-refractivity contribution in [2.45, 2.75) is 20.3 Å². The van der Waals surface area contributed by atoms with Gasteiger partial charge in [-0.15, -0.1) is 0 Å². The Hall–Kier alpha value is -1.31. The van der Waals surface area contributed by atoms with E-state index in [4.69, 9.17) is 4.42 Å². The highest BCUT2D eigenvalue weighted by Gasteiger charge is 1.87. The highest BCUT2D eigenvalue weighted by molar-refractivity contribution is 5.24. The largest absolute Gasteiger partial charge is 0.423 e. The summed E-state index contributed by atoms with van der Waals surface area (Å²) in [6, 6.07) is 3.20. The van der Waals surface area contributed by atoms with Gasteiger partial charge < -0.3 is 4.42 Å². The molecule has 0 aromatic carbocycles. The minimum absolute atomic E-state index is 0.291. The van der Waals surface area contributed by atoms with Crippen molar-refractivity contribution in [2.75, 3.05) is 0 Å². The molecule has 12 heavy (non-hydrogen) atoms. The summed E-state index contributed by atoms with van der Waals surface area (Å²) in [4.78, 5) is 10.8. The Bertz CT molecular complexity index is 412. The van der Waals surface area contributed by atoms with E-state index in [1.54, 1.807) is 6.07 Å². The number of hydrogen-bond acceptors (Lipinski definition) is 2. The monoisotopic (exact) mass is 164 g/mol. The Kier molecular flexibility index (Phi) is 2.86. The zero-order chi connectivity index (χ0) is 8.97. The number of hydrogen-bond donors (Lipinski definition) is 0. The van der Waals surface area contributed by atoms with Crippen LogP contribution in [-0.2, 0) is 0 Å². The molecule has 2 nitrogen and oxygen atoms in total. The predicted molar refractivity (Wildman–Crippen MR) is 49.1 cm³/mol. The molecular formula is C10H12O2. The van der Waals surface area contributed by atoms with E-state index in [1.807, 2.05) is 26.0 Å². The van der Waals surface area contributed by atoms with Crippen LogP contribution in [0.4, 0.5) is 0 Å². The number of rotatable bonds is 1. The van der Waals surface area contributed by atoms with Crippen LogP contribution < -0.4 is 16.3 Å². The smallest absolute Gasteiger partial charge is 0.336 e. The molecule has 0 atom stereocenters. The molecule has 0 aliphatic rings. The molecule has 0 unspecified atom stereocenters. The SMILES string of the molecule is C/C=c1/ccc(=O)o/c1=C/CC. The molecule has 0 bridgehead atoms. The third-order valence-corrected chi connectivity index (χ3v) is 1.59. The minimum atomic E-state index is -0.291. The molecule has 0 saturated heterocycles. The van der Waals surface area contributed by atoms with Gasteiger partial charge in [-0.25, -0.2) is 4.79 Å². The van der Waals surface area contributed by atoms with Gasteiger partial charge in [-0.1, -0.05) is 13.0 Å². The van der Waals surface area contributed by atoms with Crippen molar-refractivity contribution in [3.8, 4) is 0 Å². The zero-order valence-electron chi connectivity index (χ0n) is 7.33. The molecule has 0 aliphatic heterocycles. The van der Waals surface area contributed by atoms with Gasteiger partial charge in [-0.2, -0.15) is 0 Å². The van der Waals surface area contributed by atoms with Crippen LogP contribution in [0.5, 0.6) is 0 Å². The van der Waals surface area contributed by atoms with Gasteiger partial charge in [-0.3, -0.25) is 0 Å². The van der Waals surface area contributed by atoms with Crippen LogP contribution >= 0.6 is 0 Å². The summed E-state index contributed by atoms with van der Waals surface area (Å²) in [6.45, 7) is 3.93. The van der Waals surface area contributed by atoms with Gasteiger partial charge in [0.2, 0.25) is 0 Å². The summed E-state index contributed by atoms with van der Waals surface area (Å²) < 4.78 is 5.00. The predicted octanol–water partition coefficient (Wildman–Crippen LogP) is 0.631. The molecule has 0 radical (unpaired) electrons. The highest BCUT2D eigenvalue weighted by atomic mass is 16.4. The summed E-state index contributed by atoms with van der Waals surface area (Å²) in [6.07, 6.45) is 4.69. The van der Waals surface area contributed by atoms with E-state index in [1.165, 1.54) is 6.07 Å². The normalized spacial score (nSPS) is 13.8. The van der Waals surface area contributed by atoms with Crippen LogP contribution in [0.3, 0.4) is 0 Å². The van der Waals surface area contributed by atoms with Crippen LogP contribution in [0.1, 0.15) is 20.3 Å². The van der Waals surface area contributed by atoms with Crippen molar-refractivity contribution < 1.29 is 4.42 Å².